The molecule has 1 aromatic rings. The molecule has 0 aromatic heterocycles. The second kappa shape index (κ2) is 5.51. The number of rotatable bonds is 2. The fourth-order valence-corrected chi connectivity index (χ4v) is 3.58. The van der Waals surface area contributed by atoms with Crippen molar-refractivity contribution in [3.63, 3.8) is 0 Å². The first-order chi connectivity index (χ1) is 9.61. The first-order valence-electron chi connectivity index (χ1n) is 7.33. The van der Waals surface area contributed by atoms with Gasteiger partial charge >= 0.3 is 0 Å². The Bertz CT molecular complexity index is 505. The van der Waals surface area contributed by atoms with Gasteiger partial charge in [0.15, 0.2) is 0 Å². The predicted octanol–water partition coefficient (Wildman–Crippen LogP) is 3.16. The van der Waals surface area contributed by atoms with Crippen LogP contribution in [0.2, 0.25) is 0 Å². The number of piperidine rings is 1. The number of carbonyl (C=O) groups is 1. The van der Waals surface area contributed by atoms with Crippen molar-refractivity contribution in [1.82, 2.24) is 4.90 Å². The minimum atomic E-state index is -0.629. The van der Waals surface area contributed by atoms with Crippen LogP contribution in [0.5, 0.6) is 0 Å². The van der Waals surface area contributed by atoms with E-state index in [4.69, 9.17) is 0 Å². The van der Waals surface area contributed by atoms with E-state index in [-0.39, 0.29) is 17.9 Å². The van der Waals surface area contributed by atoms with Crippen molar-refractivity contribution in [3.05, 3.63) is 35.4 Å². The van der Waals surface area contributed by atoms with Crippen LogP contribution >= 0.6 is 0 Å². The number of carbonyl (C=O) groups excluding carboxylic acids is 1. The molecule has 0 radical (unpaired) electrons. The number of hydrogen-bond acceptors (Lipinski definition) is 1. The molecule has 1 saturated carbocycles. The highest BCUT2D eigenvalue weighted by molar-refractivity contribution is 5.79. The van der Waals surface area contributed by atoms with Crippen LogP contribution in [0.1, 0.15) is 31.2 Å². The zero-order valence-electron chi connectivity index (χ0n) is 11.4. The number of fused-ring (bicyclic) bond motifs is 2. The first kappa shape index (κ1) is 13.5. The van der Waals surface area contributed by atoms with Crippen LogP contribution in [0.4, 0.5) is 8.78 Å². The van der Waals surface area contributed by atoms with Crippen LogP contribution in [-0.4, -0.2) is 23.9 Å². The minimum absolute atomic E-state index is 0.0333. The molecule has 0 unspecified atom stereocenters. The van der Waals surface area contributed by atoms with Crippen molar-refractivity contribution in [1.29, 1.82) is 0 Å². The van der Waals surface area contributed by atoms with Gasteiger partial charge in [-0.15, -0.1) is 0 Å². The largest absolute Gasteiger partial charge is 0.342 e. The maximum absolute atomic E-state index is 13.6. The Morgan fingerprint density at radius 2 is 1.90 bits per heavy atom. The van der Waals surface area contributed by atoms with Gasteiger partial charge in [-0.2, -0.15) is 0 Å². The molecule has 2 bridgehead atoms. The van der Waals surface area contributed by atoms with Crippen molar-refractivity contribution in [3.8, 4) is 0 Å². The van der Waals surface area contributed by atoms with Gasteiger partial charge in [0.25, 0.3) is 0 Å². The van der Waals surface area contributed by atoms with Gasteiger partial charge in [0.05, 0.1) is 6.42 Å². The number of halogens is 2. The monoisotopic (exact) mass is 279 g/mol. The van der Waals surface area contributed by atoms with Crippen LogP contribution in [0.3, 0.4) is 0 Å². The molecule has 1 aliphatic heterocycles. The smallest absolute Gasteiger partial charge is 0.227 e. The predicted molar refractivity (Wildman–Crippen MR) is 72.1 cm³/mol. The Kier molecular flexibility index (Phi) is 3.72. The fraction of sp³-hybridized carbons (Fsp3) is 0.562. The molecule has 1 amide bonds. The average molecular weight is 279 g/mol. The van der Waals surface area contributed by atoms with E-state index in [1.54, 1.807) is 0 Å². The maximum Gasteiger partial charge on any atom is 0.227 e. The van der Waals surface area contributed by atoms with E-state index in [0.717, 1.165) is 19.2 Å². The first-order valence-corrected chi connectivity index (χ1v) is 7.33. The van der Waals surface area contributed by atoms with Gasteiger partial charge in [-0.3, -0.25) is 4.79 Å². The van der Waals surface area contributed by atoms with Crippen molar-refractivity contribution >= 4 is 5.91 Å². The maximum atomic E-state index is 13.6. The van der Waals surface area contributed by atoms with E-state index in [0.29, 0.717) is 11.8 Å². The molecule has 1 heterocycles. The molecule has 1 aliphatic carbocycles. The average Bonchev–Trinajstić information content (AvgIpc) is 2.41. The van der Waals surface area contributed by atoms with Gasteiger partial charge in [-0.25, -0.2) is 8.78 Å². The van der Waals surface area contributed by atoms with Gasteiger partial charge in [0.1, 0.15) is 11.6 Å². The van der Waals surface area contributed by atoms with Crippen LogP contribution in [0.15, 0.2) is 18.2 Å². The Labute approximate surface area is 117 Å². The van der Waals surface area contributed by atoms with Crippen molar-refractivity contribution in [2.75, 3.05) is 13.1 Å². The molecular formula is C16H19F2NO. The van der Waals surface area contributed by atoms with Gasteiger partial charge in [0.2, 0.25) is 5.91 Å². The normalized spacial score (nSPS) is 25.6. The second-order valence-corrected chi connectivity index (χ2v) is 6.11. The van der Waals surface area contributed by atoms with E-state index >= 15 is 0 Å². The third-order valence-electron chi connectivity index (χ3n) is 4.56. The molecule has 3 rings (SSSR count). The zero-order chi connectivity index (χ0) is 14.1. The highest BCUT2D eigenvalue weighted by Gasteiger charge is 2.32. The molecule has 2 atom stereocenters. The van der Waals surface area contributed by atoms with Gasteiger partial charge in [0, 0.05) is 19.2 Å². The summed E-state index contributed by atoms with van der Waals surface area (Å²) in [5, 5.41) is 0. The van der Waals surface area contributed by atoms with Gasteiger partial charge in [-0.05, 0) is 42.7 Å². The Hall–Kier alpha value is -1.45. The lowest BCUT2D eigenvalue weighted by Crippen LogP contribution is -2.46. The molecule has 108 valence electrons. The summed E-state index contributed by atoms with van der Waals surface area (Å²) in [7, 11) is 0. The van der Waals surface area contributed by atoms with E-state index < -0.39 is 11.6 Å². The third kappa shape index (κ3) is 2.84. The molecule has 0 N–H and O–H groups in total. The zero-order valence-corrected chi connectivity index (χ0v) is 11.4. The quantitative estimate of drug-likeness (QED) is 0.814. The SMILES string of the molecule is O=C(Cc1ccc(F)cc1F)N1C[C@H]2CCC[C@@H](C2)C1. The summed E-state index contributed by atoms with van der Waals surface area (Å²) in [5.41, 5.74) is 0.284. The molecular weight excluding hydrogens is 260 g/mol. The lowest BCUT2D eigenvalue weighted by molar-refractivity contribution is -0.134. The molecule has 1 saturated heterocycles. The van der Waals surface area contributed by atoms with Crippen LogP contribution < -0.4 is 0 Å². The molecule has 0 spiro atoms. The summed E-state index contributed by atoms with van der Waals surface area (Å²) in [6.07, 6.45) is 4.93. The summed E-state index contributed by atoms with van der Waals surface area (Å²) in [5.74, 6) is -0.0390. The molecule has 2 fully saturated rings. The highest BCUT2D eigenvalue weighted by atomic mass is 19.1. The molecule has 4 heteroatoms. The minimum Gasteiger partial charge on any atom is -0.342 e. The molecule has 20 heavy (non-hydrogen) atoms. The van der Waals surface area contributed by atoms with E-state index in [9.17, 15) is 13.6 Å². The number of nitrogens with zero attached hydrogens (tertiary/aromatic N) is 1. The standard InChI is InChI=1S/C16H19F2NO/c17-14-5-4-13(15(18)8-14)7-16(20)19-9-11-2-1-3-12(6-11)10-19/h4-5,8,11-12H,1-3,6-7,9-10H2/t11-,12-/m0/s1. The second-order valence-electron chi connectivity index (χ2n) is 6.11. The van der Waals surface area contributed by atoms with E-state index in [2.05, 4.69) is 0 Å². The number of likely N-dealkylation sites (tertiary alicyclic amines) is 1. The Morgan fingerprint density at radius 3 is 2.55 bits per heavy atom. The number of hydrogen-bond donors (Lipinski definition) is 0. The Balaban J connectivity index is 1.67. The lowest BCUT2D eigenvalue weighted by Gasteiger charge is -2.41. The van der Waals surface area contributed by atoms with E-state index in [1.165, 1.54) is 37.8 Å². The number of amides is 1. The molecule has 2 nitrogen and oxygen atoms in total. The van der Waals surface area contributed by atoms with Crippen molar-refractivity contribution < 1.29 is 13.6 Å². The summed E-state index contributed by atoms with van der Waals surface area (Å²) in [6, 6.07) is 3.41. The van der Waals surface area contributed by atoms with Crippen LogP contribution in [0, 0.1) is 23.5 Å². The summed E-state index contributed by atoms with van der Waals surface area (Å²) in [6.45, 7) is 1.61. The van der Waals surface area contributed by atoms with Gasteiger partial charge in [-0.1, -0.05) is 12.5 Å². The van der Waals surface area contributed by atoms with Crippen LogP contribution in [-0.2, 0) is 11.2 Å². The topological polar surface area (TPSA) is 20.3 Å². The summed E-state index contributed by atoms with van der Waals surface area (Å²) >= 11 is 0. The highest BCUT2D eigenvalue weighted by Crippen LogP contribution is 2.34. The Morgan fingerprint density at radius 1 is 1.20 bits per heavy atom. The summed E-state index contributed by atoms with van der Waals surface area (Å²) < 4.78 is 26.5. The molecule has 2 aliphatic rings. The van der Waals surface area contributed by atoms with Crippen LogP contribution in [0.25, 0.3) is 0 Å². The van der Waals surface area contributed by atoms with Crippen molar-refractivity contribution in [2.24, 2.45) is 11.8 Å². The summed E-state index contributed by atoms with van der Waals surface area (Å²) in [4.78, 5) is 14.2. The molecule has 1 aromatic carbocycles. The van der Waals surface area contributed by atoms with Gasteiger partial charge < -0.3 is 4.90 Å². The third-order valence-corrected chi connectivity index (χ3v) is 4.56. The lowest BCUT2D eigenvalue weighted by atomic mass is 9.78. The van der Waals surface area contributed by atoms with Crippen molar-refractivity contribution in [2.45, 2.75) is 32.1 Å². The number of benzene rings is 1. The van der Waals surface area contributed by atoms with E-state index in [1.807, 2.05) is 4.90 Å². The fourth-order valence-electron chi connectivity index (χ4n) is 3.58.